The Bertz CT molecular complexity index is 807. The van der Waals surface area contributed by atoms with Gasteiger partial charge in [-0.05, 0) is 25.0 Å². The second-order valence-corrected chi connectivity index (χ2v) is 6.14. The first-order valence-corrected chi connectivity index (χ1v) is 7.90. The van der Waals surface area contributed by atoms with Crippen LogP contribution in [0.25, 0.3) is 0 Å². The van der Waals surface area contributed by atoms with E-state index >= 15 is 0 Å². The molecule has 0 bridgehead atoms. The smallest absolute Gasteiger partial charge is 0.224 e. The topological polar surface area (TPSA) is 77.0 Å². The molecule has 0 spiro atoms. The summed E-state index contributed by atoms with van der Waals surface area (Å²) in [5, 5.41) is 4.22. The highest BCUT2D eigenvalue weighted by Crippen LogP contribution is 2.17. The van der Waals surface area contributed by atoms with Gasteiger partial charge in [0.05, 0.1) is 13.1 Å². The lowest BCUT2D eigenvalue weighted by Gasteiger charge is -2.27. The van der Waals surface area contributed by atoms with Crippen molar-refractivity contribution >= 4 is 5.91 Å². The predicted molar refractivity (Wildman–Crippen MR) is 82.8 cm³/mol. The van der Waals surface area contributed by atoms with Crippen LogP contribution in [0.4, 0.5) is 13.2 Å². The fourth-order valence-electron chi connectivity index (χ4n) is 2.90. The number of amides is 1. The first kappa shape index (κ1) is 17.4. The van der Waals surface area contributed by atoms with Crippen LogP contribution in [-0.2, 0) is 24.3 Å². The third-order valence-electron chi connectivity index (χ3n) is 4.13. The van der Waals surface area contributed by atoms with Gasteiger partial charge in [0.15, 0.2) is 11.6 Å². The average Bonchev–Trinajstić information content (AvgIpc) is 2.91. The molecule has 1 amide bonds. The number of nitrogens with zero attached hydrogens (tertiary/aromatic N) is 4. The molecule has 2 N–H and O–H groups in total. The van der Waals surface area contributed by atoms with Gasteiger partial charge in [-0.1, -0.05) is 0 Å². The molecule has 0 saturated heterocycles. The van der Waals surface area contributed by atoms with E-state index in [1.165, 1.54) is 0 Å². The molecule has 1 aliphatic rings. The summed E-state index contributed by atoms with van der Waals surface area (Å²) in [6, 6.07) is 0.563. The van der Waals surface area contributed by atoms with Crippen LogP contribution in [0.5, 0.6) is 0 Å². The van der Waals surface area contributed by atoms with Crippen molar-refractivity contribution in [3.8, 4) is 0 Å². The Kier molecular flexibility index (Phi) is 4.76. The molecule has 1 aromatic carbocycles. The maximum atomic E-state index is 13.7. The van der Waals surface area contributed by atoms with Gasteiger partial charge in [0.2, 0.25) is 5.91 Å². The highest BCUT2D eigenvalue weighted by Gasteiger charge is 2.24. The molecule has 1 atom stereocenters. The van der Waals surface area contributed by atoms with E-state index in [1.807, 2.05) is 0 Å². The number of aromatic nitrogens is 3. The molecule has 2 aromatic rings. The molecule has 0 fully saturated rings. The summed E-state index contributed by atoms with van der Waals surface area (Å²) in [6.45, 7) is 3.16. The van der Waals surface area contributed by atoms with Gasteiger partial charge in [-0.2, -0.15) is 5.10 Å². The Morgan fingerprint density at radius 3 is 2.72 bits per heavy atom. The van der Waals surface area contributed by atoms with Gasteiger partial charge in [0.1, 0.15) is 17.5 Å². The monoisotopic (exact) mass is 353 g/mol. The lowest BCUT2D eigenvalue weighted by molar-refractivity contribution is -0.133. The van der Waals surface area contributed by atoms with E-state index in [2.05, 4.69) is 10.1 Å². The number of benzene rings is 1. The van der Waals surface area contributed by atoms with E-state index in [-0.39, 0.29) is 24.3 Å². The zero-order valence-electron chi connectivity index (χ0n) is 13.7. The van der Waals surface area contributed by atoms with Gasteiger partial charge in [0, 0.05) is 25.1 Å². The van der Waals surface area contributed by atoms with Gasteiger partial charge in [-0.25, -0.2) is 22.8 Å². The first-order chi connectivity index (χ1) is 11.8. The lowest BCUT2D eigenvalue weighted by Crippen LogP contribution is -2.41. The van der Waals surface area contributed by atoms with E-state index < -0.39 is 23.5 Å². The van der Waals surface area contributed by atoms with Crippen molar-refractivity contribution in [1.82, 2.24) is 19.7 Å². The molecule has 1 aliphatic heterocycles. The molecule has 1 aromatic heterocycles. The number of rotatable bonds is 4. The van der Waals surface area contributed by atoms with E-state index in [1.54, 1.807) is 16.5 Å². The molecule has 25 heavy (non-hydrogen) atoms. The minimum absolute atomic E-state index is 0.0223. The summed E-state index contributed by atoms with van der Waals surface area (Å²) in [5.41, 5.74) is 5.86. The summed E-state index contributed by atoms with van der Waals surface area (Å²) >= 11 is 0. The molecule has 6 nitrogen and oxygen atoms in total. The summed E-state index contributed by atoms with van der Waals surface area (Å²) < 4.78 is 41.6. The molecule has 0 saturated carbocycles. The van der Waals surface area contributed by atoms with Gasteiger partial charge in [-0.3, -0.25) is 4.79 Å². The highest BCUT2D eigenvalue weighted by molar-refractivity contribution is 5.76. The van der Waals surface area contributed by atoms with Crippen LogP contribution in [0.1, 0.15) is 23.6 Å². The van der Waals surface area contributed by atoms with Crippen molar-refractivity contribution < 1.29 is 18.0 Å². The number of carbonyl (C=O) groups excluding carboxylic acids is 1. The second kappa shape index (κ2) is 6.83. The minimum Gasteiger partial charge on any atom is -0.333 e. The largest absolute Gasteiger partial charge is 0.333 e. The van der Waals surface area contributed by atoms with Crippen molar-refractivity contribution in [2.75, 3.05) is 6.54 Å². The zero-order chi connectivity index (χ0) is 18.1. The van der Waals surface area contributed by atoms with E-state index in [0.717, 1.165) is 6.07 Å². The molecule has 9 heteroatoms. The minimum atomic E-state index is -1.25. The maximum absolute atomic E-state index is 13.7. The van der Waals surface area contributed by atoms with Gasteiger partial charge < -0.3 is 10.6 Å². The summed E-state index contributed by atoms with van der Waals surface area (Å²) in [5.74, 6) is -2.10. The predicted octanol–water partition coefficient (Wildman–Crippen LogP) is 1.31. The Morgan fingerprint density at radius 1 is 1.24 bits per heavy atom. The number of hydrogen-bond acceptors (Lipinski definition) is 4. The standard InChI is InChI=1S/C16H18F3N5O/c1-9-21-15-8-23(2-3-24(15)22-9)16(25)6-11(20)4-10-5-13(18)14(19)7-12(10)17/h5,7,11H,2-4,6,8,20H2,1H3/t11-/m1/s1. The SMILES string of the molecule is Cc1nc2n(n1)CCN(C(=O)C[C@H](N)Cc1cc(F)c(F)cc1F)C2. The third kappa shape index (κ3) is 3.81. The second-order valence-electron chi connectivity index (χ2n) is 6.14. The zero-order valence-corrected chi connectivity index (χ0v) is 13.7. The Hall–Kier alpha value is -2.42. The Morgan fingerprint density at radius 2 is 1.96 bits per heavy atom. The number of fused-ring (bicyclic) bond motifs is 1. The van der Waals surface area contributed by atoms with Gasteiger partial charge in [0.25, 0.3) is 0 Å². The van der Waals surface area contributed by atoms with Gasteiger partial charge >= 0.3 is 0 Å². The van der Waals surface area contributed by atoms with Crippen LogP contribution in [-0.4, -0.2) is 38.2 Å². The van der Waals surface area contributed by atoms with Crippen LogP contribution >= 0.6 is 0 Å². The van der Waals surface area contributed by atoms with Gasteiger partial charge in [-0.15, -0.1) is 0 Å². The van der Waals surface area contributed by atoms with Crippen molar-refractivity contribution in [3.05, 3.63) is 46.8 Å². The van der Waals surface area contributed by atoms with Crippen molar-refractivity contribution in [2.24, 2.45) is 5.73 Å². The van der Waals surface area contributed by atoms with E-state index in [9.17, 15) is 18.0 Å². The number of hydrogen-bond donors (Lipinski definition) is 1. The molecule has 3 rings (SSSR count). The first-order valence-electron chi connectivity index (χ1n) is 7.90. The fourth-order valence-corrected chi connectivity index (χ4v) is 2.90. The summed E-state index contributed by atoms with van der Waals surface area (Å²) in [6.07, 6.45) is -0.0799. The van der Waals surface area contributed by atoms with Crippen LogP contribution in [0.2, 0.25) is 0 Å². The fraction of sp³-hybridized carbons (Fsp3) is 0.438. The number of carbonyl (C=O) groups is 1. The van der Waals surface area contributed by atoms with E-state index in [0.29, 0.717) is 37.3 Å². The van der Waals surface area contributed by atoms with E-state index in [4.69, 9.17) is 5.73 Å². The molecule has 0 radical (unpaired) electrons. The van der Waals surface area contributed by atoms with Crippen LogP contribution in [0.3, 0.4) is 0 Å². The van der Waals surface area contributed by atoms with Crippen LogP contribution < -0.4 is 5.73 Å². The third-order valence-corrected chi connectivity index (χ3v) is 4.13. The normalized spacial score (nSPS) is 15.2. The molecular weight excluding hydrogens is 335 g/mol. The molecule has 0 aliphatic carbocycles. The highest BCUT2D eigenvalue weighted by atomic mass is 19.2. The van der Waals surface area contributed by atoms with Crippen LogP contribution in [0.15, 0.2) is 12.1 Å². The molecular formula is C16H18F3N5O. The average molecular weight is 353 g/mol. The van der Waals surface area contributed by atoms with Crippen LogP contribution in [0, 0.1) is 24.4 Å². The Balaban J connectivity index is 1.61. The van der Waals surface area contributed by atoms with Crippen molar-refractivity contribution in [2.45, 2.75) is 38.9 Å². The molecule has 134 valence electrons. The number of aryl methyl sites for hydroxylation is 1. The molecule has 2 heterocycles. The summed E-state index contributed by atoms with van der Waals surface area (Å²) in [7, 11) is 0. The quantitative estimate of drug-likeness (QED) is 0.841. The maximum Gasteiger partial charge on any atom is 0.224 e. The van der Waals surface area contributed by atoms with Crippen molar-refractivity contribution in [1.29, 1.82) is 0 Å². The Labute approximate surface area is 142 Å². The summed E-state index contributed by atoms with van der Waals surface area (Å²) in [4.78, 5) is 18.3. The number of nitrogens with two attached hydrogens (primary N) is 1. The van der Waals surface area contributed by atoms with Crippen molar-refractivity contribution in [3.63, 3.8) is 0 Å². The number of halogens is 3. The molecule has 0 unspecified atom stereocenters. The lowest BCUT2D eigenvalue weighted by atomic mass is 10.0.